The summed E-state index contributed by atoms with van der Waals surface area (Å²) in [5.41, 5.74) is -0.607. The molecule has 10 heteroatoms. The van der Waals surface area contributed by atoms with Gasteiger partial charge in [0.1, 0.15) is 17.1 Å². The third-order valence-electron chi connectivity index (χ3n) is 5.60. The fraction of sp³-hybridized carbons (Fsp3) is 0.381. The Labute approximate surface area is 177 Å². The third kappa shape index (κ3) is 3.76. The SMILES string of the molecule is Cc1ccc(C(=O)NC2CCN(C(=O)c3ccc4c(=O)n(C)c(=O)n(C)c4n3)CC2)o1. The van der Waals surface area contributed by atoms with Crippen molar-refractivity contribution in [3.63, 3.8) is 0 Å². The first-order valence-corrected chi connectivity index (χ1v) is 9.99. The molecule has 1 N–H and O–H groups in total. The minimum absolute atomic E-state index is 0.0599. The first kappa shape index (κ1) is 20.6. The number of amides is 2. The van der Waals surface area contributed by atoms with Gasteiger partial charge in [-0.3, -0.25) is 23.5 Å². The van der Waals surface area contributed by atoms with Crippen molar-refractivity contribution in [2.75, 3.05) is 13.1 Å². The number of nitrogens with one attached hydrogen (secondary N) is 1. The summed E-state index contributed by atoms with van der Waals surface area (Å²) < 4.78 is 7.60. The molecule has 2 amide bonds. The van der Waals surface area contributed by atoms with Gasteiger partial charge in [0.05, 0.1) is 5.39 Å². The van der Waals surface area contributed by atoms with Crippen LogP contribution < -0.4 is 16.6 Å². The Morgan fingerprint density at radius 1 is 1.06 bits per heavy atom. The van der Waals surface area contributed by atoms with Crippen LogP contribution in [0.25, 0.3) is 11.0 Å². The molecule has 31 heavy (non-hydrogen) atoms. The van der Waals surface area contributed by atoms with E-state index in [9.17, 15) is 19.2 Å². The van der Waals surface area contributed by atoms with Crippen molar-refractivity contribution in [1.82, 2.24) is 24.3 Å². The number of carbonyl (C=O) groups is 2. The second kappa shape index (κ2) is 7.86. The van der Waals surface area contributed by atoms with Crippen molar-refractivity contribution >= 4 is 22.8 Å². The van der Waals surface area contributed by atoms with Gasteiger partial charge in [0.25, 0.3) is 17.4 Å². The highest BCUT2D eigenvalue weighted by atomic mass is 16.3. The fourth-order valence-electron chi connectivity index (χ4n) is 3.78. The van der Waals surface area contributed by atoms with E-state index in [2.05, 4.69) is 10.3 Å². The van der Waals surface area contributed by atoms with E-state index in [1.54, 1.807) is 24.0 Å². The molecule has 1 aliphatic rings. The van der Waals surface area contributed by atoms with Gasteiger partial charge >= 0.3 is 5.69 Å². The zero-order valence-electron chi connectivity index (χ0n) is 17.5. The maximum Gasteiger partial charge on any atom is 0.332 e. The summed E-state index contributed by atoms with van der Waals surface area (Å²) in [6, 6.07) is 6.34. The highest BCUT2D eigenvalue weighted by Crippen LogP contribution is 2.16. The van der Waals surface area contributed by atoms with Crippen molar-refractivity contribution in [1.29, 1.82) is 0 Å². The Bertz CT molecular complexity index is 1290. The van der Waals surface area contributed by atoms with E-state index in [1.807, 2.05) is 0 Å². The average Bonchev–Trinajstić information content (AvgIpc) is 3.22. The lowest BCUT2D eigenvalue weighted by Gasteiger charge is -2.32. The molecule has 1 fully saturated rings. The number of aryl methyl sites for hydroxylation is 2. The van der Waals surface area contributed by atoms with E-state index >= 15 is 0 Å². The molecule has 0 saturated carbocycles. The molecule has 0 unspecified atom stereocenters. The highest BCUT2D eigenvalue weighted by molar-refractivity contribution is 5.94. The first-order chi connectivity index (χ1) is 14.8. The molecule has 0 atom stereocenters. The van der Waals surface area contributed by atoms with Crippen LogP contribution in [0.1, 0.15) is 39.6 Å². The maximum atomic E-state index is 12.9. The van der Waals surface area contributed by atoms with Gasteiger partial charge in [-0.1, -0.05) is 0 Å². The molecule has 0 radical (unpaired) electrons. The Hall–Kier alpha value is -3.69. The minimum atomic E-state index is -0.502. The Kier molecular flexibility index (Phi) is 5.22. The summed E-state index contributed by atoms with van der Waals surface area (Å²) in [4.78, 5) is 55.6. The van der Waals surface area contributed by atoms with Crippen LogP contribution in [0.3, 0.4) is 0 Å². The summed E-state index contributed by atoms with van der Waals surface area (Å²) in [5.74, 6) is 0.398. The van der Waals surface area contributed by atoms with Gasteiger partial charge in [-0.25, -0.2) is 9.78 Å². The zero-order valence-corrected chi connectivity index (χ0v) is 17.5. The van der Waals surface area contributed by atoms with E-state index in [0.29, 0.717) is 31.7 Å². The maximum absolute atomic E-state index is 12.9. The van der Waals surface area contributed by atoms with Crippen molar-refractivity contribution in [3.05, 3.63) is 62.3 Å². The number of aromatic nitrogens is 3. The number of carbonyl (C=O) groups excluding carboxylic acids is 2. The highest BCUT2D eigenvalue weighted by Gasteiger charge is 2.26. The van der Waals surface area contributed by atoms with Crippen LogP contribution in [0.4, 0.5) is 0 Å². The molecule has 4 heterocycles. The quantitative estimate of drug-likeness (QED) is 0.655. The molecular weight excluding hydrogens is 402 g/mol. The topological polar surface area (TPSA) is 119 Å². The molecule has 1 saturated heterocycles. The van der Waals surface area contributed by atoms with E-state index in [0.717, 1.165) is 4.57 Å². The van der Waals surface area contributed by atoms with Gasteiger partial charge < -0.3 is 14.6 Å². The molecule has 0 aliphatic carbocycles. The standard InChI is InChI=1S/C21H23N5O5/c1-12-4-7-16(31-12)18(27)22-13-8-10-26(11-9-13)20(29)15-6-5-14-17(23-15)24(2)21(30)25(3)19(14)28/h4-7,13H,8-11H2,1-3H3,(H,22,27). The Morgan fingerprint density at radius 2 is 1.77 bits per heavy atom. The van der Waals surface area contributed by atoms with Crippen LogP contribution in [0.15, 0.2) is 38.3 Å². The molecule has 0 bridgehead atoms. The number of fused-ring (bicyclic) bond motifs is 1. The molecule has 162 valence electrons. The molecule has 10 nitrogen and oxygen atoms in total. The number of hydrogen-bond donors (Lipinski definition) is 1. The molecule has 1 aliphatic heterocycles. The predicted molar refractivity (Wildman–Crippen MR) is 112 cm³/mol. The molecule has 3 aromatic heterocycles. The lowest BCUT2D eigenvalue weighted by Crippen LogP contribution is -2.46. The van der Waals surface area contributed by atoms with Crippen LogP contribution in [0.5, 0.6) is 0 Å². The van der Waals surface area contributed by atoms with Crippen molar-refractivity contribution < 1.29 is 14.0 Å². The van der Waals surface area contributed by atoms with Gasteiger partial charge in [0.2, 0.25) is 0 Å². The average molecular weight is 425 g/mol. The van der Waals surface area contributed by atoms with Crippen LogP contribution in [-0.2, 0) is 14.1 Å². The molecule has 0 spiro atoms. The normalized spacial score (nSPS) is 14.7. The van der Waals surface area contributed by atoms with Gasteiger partial charge in [-0.2, -0.15) is 0 Å². The fourth-order valence-corrected chi connectivity index (χ4v) is 3.78. The smallest absolute Gasteiger partial charge is 0.332 e. The second-order valence-corrected chi connectivity index (χ2v) is 7.72. The van der Waals surface area contributed by atoms with Gasteiger partial charge in [0, 0.05) is 33.2 Å². The minimum Gasteiger partial charge on any atom is -0.456 e. The monoisotopic (exact) mass is 425 g/mol. The molecule has 4 rings (SSSR count). The summed E-state index contributed by atoms with van der Waals surface area (Å²) >= 11 is 0. The van der Waals surface area contributed by atoms with E-state index in [-0.39, 0.29) is 40.3 Å². The first-order valence-electron chi connectivity index (χ1n) is 9.99. The number of rotatable bonds is 3. The number of nitrogens with zero attached hydrogens (tertiary/aromatic N) is 4. The summed E-state index contributed by atoms with van der Waals surface area (Å²) in [7, 11) is 2.92. The lowest BCUT2D eigenvalue weighted by molar-refractivity contribution is 0.0690. The molecule has 0 aromatic carbocycles. The van der Waals surface area contributed by atoms with Gasteiger partial charge in [-0.15, -0.1) is 0 Å². The molecule has 3 aromatic rings. The Morgan fingerprint density at radius 3 is 2.42 bits per heavy atom. The number of hydrogen-bond acceptors (Lipinski definition) is 6. The van der Waals surface area contributed by atoms with Gasteiger partial charge in [-0.05, 0) is 44.0 Å². The summed E-state index contributed by atoms with van der Waals surface area (Å²) in [5, 5.41) is 3.21. The van der Waals surface area contributed by atoms with Crippen molar-refractivity contribution in [2.45, 2.75) is 25.8 Å². The van der Waals surface area contributed by atoms with Crippen molar-refractivity contribution in [2.24, 2.45) is 14.1 Å². The number of likely N-dealkylation sites (tertiary alicyclic amines) is 1. The molecular formula is C21H23N5O5. The van der Waals surface area contributed by atoms with E-state index in [4.69, 9.17) is 4.42 Å². The number of furan rings is 1. The Balaban J connectivity index is 1.46. The summed E-state index contributed by atoms with van der Waals surface area (Å²) in [6.07, 6.45) is 1.20. The van der Waals surface area contributed by atoms with Gasteiger partial charge in [0.15, 0.2) is 5.76 Å². The second-order valence-electron chi connectivity index (χ2n) is 7.72. The third-order valence-corrected chi connectivity index (χ3v) is 5.60. The lowest BCUT2D eigenvalue weighted by atomic mass is 10.0. The van der Waals surface area contributed by atoms with Crippen LogP contribution in [-0.4, -0.2) is 50.0 Å². The number of pyridine rings is 1. The van der Waals surface area contributed by atoms with E-state index < -0.39 is 11.2 Å². The predicted octanol–water partition coefficient (Wildman–Crippen LogP) is 0.568. The van der Waals surface area contributed by atoms with Crippen LogP contribution in [0.2, 0.25) is 0 Å². The summed E-state index contributed by atoms with van der Waals surface area (Å²) in [6.45, 7) is 2.68. The van der Waals surface area contributed by atoms with Crippen molar-refractivity contribution in [3.8, 4) is 0 Å². The van der Waals surface area contributed by atoms with Crippen LogP contribution in [0, 0.1) is 6.92 Å². The number of piperidine rings is 1. The van der Waals surface area contributed by atoms with Crippen LogP contribution >= 0.6 is 0 Å². The van der Waals surface area contributed by atoms with E-state index in [1.165, 1.54) is 30.8 Å². The zero-order chi connectivity index (χ0) is 22.3. The largest absolute Gasteiger partial charge is 0.456 e.